The van der Waals surface area contributed by atoms with Gasteiger partial charge in [-0.15, -0.1) is 0 Å². The average molecular weight is 475 g/mol. The smallest absolute Gasteiger partial charge is 0.385 e. The molecule has 1 aromatic rings. The second-order valence-electron chi connectivity index (χ2n) is 9.84. The van der Waals surface area contributed by atoms with Crippen LogP contribution in [0.2, 0.25) is 5.02 Å². The van der Waals surface area contributed by atoms with Crippen LogP contribution in [0.3, 0.4) is 0 Å². The number of piperidine rings is 1. The molecule has 3 rings (SSSR count). The number of rotatable bonds is 9. The Labute approximate surface area is 195 Å². The number of aliphatic hydroxyl groups is 1. The Morgan fingerprint density at radius 3 is 2.53 bits per heavy atom. The fourth-order valence-electron chi connectivity index (χ4n) is 5.81. The molecule has 1 aliphatic carbocycles. The highest BCUT2D eigenvalue weighted by molar-refractivity contribution is 6.30. The number of alkyl halides is 3. The maximum absolute atomic E-state index is 13.2. The number of hydrogen-bond donors (Lipinski definition) is 2. The molecule has 0 aromatic heterocycles. The fourth-order valence-corrected chi connectivity index (χ4v) is 6.00. The van der Waals surface area contributed by atoms with Gasteiger partial charge < -0.3 is 10.4 Å². The van der Waals surface area contributed by atoms with Gasteiger partial charge in [0.05, 0.1) is 5.60 Å². The normalized spacial score (nSPS) is 24.2. The summed E-state index contributed by atoms with van der Waals surface area (Å²) < 4.78 is 39.5. The van der Waals surface area contributed by atoms with E-state index < -0.39 is 18.2 Å². The van der Waals surface area contributed by atoms with E-state index in [9.17, 15) is 18.3 Å². The number of likely N-dealkylation sites (tertiary alicyclic amines) is 1. The highest BCUT2D eigenvalue weighted by Crippen LogP contribution is 2.43. The molecular weight excluding hydrogens is 437 g/mol. The summed E-state index contributed by atoms with van der Waals surface area (Å²) in [6.45, 7) is 2.40. The predicted octanol–water partition coefficient (Wildman–Crippen LogP) is 6.14. The number of hydrogen-bond acceptors (Lipinski definition) is 3. The first-order chi connectivity index (χ1) is 15.2. The molecule has 182 valence electrons. The van der Waals surface area contributed by atoms with Crippen LogP contribution in [-0.4, -0.2) is 48.9 Å². The zero-order chi connectivity index (χ0) is 23.2. The van der Waals surface area contributed by atoms with E-state index in [0.717, 1.165) is 31.8 Å². The van der Waals surface area contributed by atoms with Crippen LogP contribution in [0.15, 0.2) is 24.3 Å². The Balaban J connectivity index is 1.79. The van der Waals surface area contributed by atoms with Crippen molar-refractivity contribution in [3.63, 3.8) is 0 Å². The van der Waals surface area contributed by atoms with E-state index in [0.29, 0.717) is 29.6 Å². The molecule has 32 heavy (non-hydrogen) atoms. The molecule has 3 nitrogen and oxygen atoms in total. The highest BCUT2D eigenvalue weighted by Gasteiger charge is 2.44. The van der Waals surface area contributed by atoms with Crippen molar-refractivity contribution in [2.75, 3.05) is 26.7 Å². The maximum Gasteiger partial charge on any atom is 0.389 e. The van der Waals surface area contributed by atoms with Crippen LogP contribution < -0.4 is 5.32 Å². The number of nitrogens with one attached hydrogen (secondary N) is 1. The summed E-state index contributed by atoms with van der Waals surface area (Å²) in [6.07, 6.45) is 3.52. The molecule has 1 aromatic carbocycles. The summed E-state index contributed by atoms with van der Waals surface area (Å²) in [4.78, 5) is 2.42. The van der Waals surface area contributed by atoms with E-state index in [1.165, 1.54) is 32.1 Å². The molecule has 0 bridgehead atoms. The molecule has 1 aliphatic heterocycles. The van der Waals surface area contributed by atoms with Crippen molar-refractivity contribution in [1.29, 1.82) is 0 Å². The third kappa shape index (κ3) is 7.09. The number of likely N-dealkylation sites (N-methyl/N-ethyl adjacent to an activating group) is 1. The van der Waals surface area contributed by atoms with Gasteiger partial charge in [0.1, 0.15) is 0 Å². The molecule has 0 radical (unpaired) electrons. The minimum atomic E-state index is -4.31. The fraction of sp³-hybridized carbons (Fsp3) is 0.760. The van der Waals surface area contributed by atoms with Gasteiger partial charge in [0.25, 0.3) is 0 Å². The summed E-state index contributed by atoms with van der Waals surface area (Å²) in [5, 5.41) is 15.5. The summed E-state index contributed by atoms with van der Waals surface area (Å²) in [7, 11) is 1.96. The van der Waals surface area contributed by atoms with E-state index in [4.69, 9.17) is 11.6 Å². The van der Waals surface area contributed by atoms with Crippen molar-refractivity contribution in [2.45, 2.75) is 82.0 Å². The van der Waals surface area contributed by atoms with E-state index in [1.807, 2.05) is 7.05 Å². The van der Waals surface area contributed by atoms with Crippen LogP contribution >= 0.6 is 11.6 Å². The molecule has 0 amide bonds. The van der Waals surface area contributed by atoms with Crippen LogP contribution in [0.1, 0.15) is 69.8 Å². The quantitative estimate of drug-likeness (QED) is 0.451. The van der Waals surface area contributed by atoms with Crippen molar-refractivity contribution < 1.29 is 18.3 Å². The van der Waals surface area contributed by atoms with Gasteiger partial charge in [-0.3, -0.25) is 4.90 Å². The number of halogens is 4. The van der Waals surface area contributed by atoms with Gasteiger partial charge >= 0.3 is 6.18 Å². The van der Waals surface area contributed by atoms with Crippen molar-refractivity contribution >= 4 is 11.6 Å². The third-order valence-corrected chi connectivity index (χ3v) is 7.76. The third-order valence-electron chi connectivity index (χ3n) is 7.53. The van der Waals surface area contributed by atoms with E-state index in [-0.39, 0.29) is 12.3 Å². The van der Waals surface area contributed by atoms with Crippen LogP contribution in [-0.2, 0) is 5.60 Å². The van der Waals surface area contributed by atoms with Crippen molar-refractivity contribution in [3.8, 4) is 0 Å². The summed E-state index contributed by atoms with van der Waals surface area (Å²) in [5.41, 5.74) is -1.05. The Morgan fingerprint density at radius 2 is 1.88 bits per heavy atom. The average Bonchev–Trinajstić information content (AvgIpc) is 2.77. The van der Waals surface area contributed by atoms with Gasteiger partial charge in [0.2, 0.25) is 0 Å². The van der Waals surface area contributed by atoms with Gasteiger partial charge in [0.15, 0.2) is 0 Å². The zero-order valence-corrected chi connectivity index (χ0v) is 19.9. The van der Waals surface area contributed by atoms with Gasteiger partial charge in [-0.2, -0.15) is 13.2 Å². The Kier molecular flexibility index (Phi) is 9.31. The lowest BCUT2D eigenvalue weighted by atomic mass is 9.73. The first-order valence-corrected chi connectivity index (χ1v) is 12.5. The van der Waals surface area contributed by atoms with E-state index >= 15 is 0 Å². The molecule has 0 spiro atoms. The first-order valence-electron chi connectivity index (χ1n) is 12.1. The Hall–Kier alpha value is -0.820. The van der Waals surface area contributed by atoms with Gasteiger partial charge in [-0.1, -0.05) is 55.8 Å². The lowest BCUT2D eigenvalue weighted by Crippen LogP contribution is -2.52. The van der Waals surface area contributed by atoms with Gasteiger partial charge in [-0.05, 0) is 62.9 Å². The zero-order valence-electron chi connectivity index (χ0n) is 19.1. The molecule has 3 atom stereocenters. The van der Waals surface area contributed by atoms with Gasteiger partial charge in [0, 0.05) is 36.5 Å². The van der Waals surface area contributed by atoms with Gasteiger partial charge in [-0.25, -0.2) is 0 Å². The standard InChI is InChI=1S/C25H38ClF3N2O/c1-30-17-23(15-19-7-3-2-4-8-19)31-14-6-10-21(18-31)24(32,12-13-25(27,28)29)20-9-5-11-22(26)16-20/h5,9,11,16,19,21,23,30,32H,2-4,6-8,10,12-15,17-18H2,1H3. The first kappa shape index (κ1) is 25.8. The maximum atomic E-state index is 13.2. The van der Waals surface area contributed by atoms with Crippen LogP contribution in [0.4, 0.5) is 13.2 Å². The summed E-state index contributed by atoms with van der Waals surface area (Å²) in [6, 6.07) is 7.09. The van der Waals surface area contributed by atoms with Crippen molar-refractivity contribution in [3.05, 3.63) is 34.9 Å². The summed E-state index contributed by atoms with van der Waals surface area (Å²) >= 11 is 6.16. The van der Waals surface area contributed by atoms with Crippen LogP contribution in [0.5, 0.6) is 0 Å². The molecule has 2 N–H and O–H groups in total. The Bertz CT molecular complexity index is 711. The van der Waals surface area contributed by atoms with Crippen LogP contribution in [0, 0.1) is 11.8 Å². The second kappa shape index (κ2) is 11.5. The molecule has 7 heteroatoms. The lowest BCUT2D eigenvalue weighted by Gasteiger charge is -2.46. The number of benzene rings is 1. The minimum Gasteiger partial charge on any atom is -0.385 e. The van der Waals surface area contributed by atoms with E-state index in [1.54, 1.807) is 24.3 Å². The molecule has 2 fully saturated rings. The largest absolute Gasteiger partial charge is 0.389 e. The molecular formula is C25H38ClF3N2O. The van der Waals surface area contributed by atoms with Crippen LogP contribution in [0.25, 0.3) is 0 Å². The predicted molar refractivity (Wildman–Crippen MR) is 124 cm³/mol. The van der Waals surface area contributed by atoms with Crippen molar-refractivity contribution in [1.82, 2.24) is 10.2 Å². The highest BCUT2D eigenvalue weighted by atomic mass is 35.5. The summed E-state index contributed by atoms with van der Waals surface area (Å²) in [5.74, 6) is 0.460. The number of nitrogens with zero attached hydrogens (tertiary/aromatic N) is 1. The minimum absolute atomic E-state index is 0.261. The topological polar surface area (TPSA) is 35.5 Å². The second-order valence-corrected chi connectivity index (χ2v) is 10.3. The van der Waals surface area contributed by atoms with Crippen molar-refractivity contribution in [2.24, 2.45) is 11.8 Å². The molecule has 1 heterocycles. The SMILES string of the molecule is CNCC(CC1CCCCC1)N1CCCC(C(O)(CCC(F)(F)F)c2cccc(Cl)c2)C1. The molecule has 1 saturated carbocycles. The monoisotopic (exact) mass is 474 g/mol. The Morgan fingerprint density at radius 1 is 1.12 bits per heavy atom. The van der Waals surface area contributed by atoms with E-state index in [2.05, 4.69) is 10.2 Å². The molecule has 2 aliphatic rings. The molecule has 3 unspecified atom stereocenters. The lowest BCUT2D eigenvalue weighted by molar-refractivity contribution is -0.156. The molecule has 1 saturated heterocycles.